The Morgan fingerprint density at radius 2 is 1.90 bits per heavy atom. The van der Waals surface area contributed by atoms with Crippen molar-refractivity contribution in [3.8, 4) is 0 Å². The molecule has 1 aromatic rings. The van der Waals surface area contributed by atoms with Gasteiger partial charge in [-0.3, -0.25) is 4.79 Å². The van der Waals surface area contributed by atoms with Crippen molar-refractivity contribution in [3.63, 3.8) is 0 Å². The number of hydrogen-bond acceptors (Lipinski definition) is 2. The van der Waals surface area contributed by atoms with E-state index in [-0.39, 0.29) is 18.4 Å². The highest BCUT2D eigenvalue weighted by molar-refractivity contribution is 6.44. The number of carbonyl (C=O) groups is 2. The molecule has 0 aromatic heterocycles. The molecule has 2 amide bonds. The summed E-state index contributed by atoms with van der Waals surface area (Å²) in [6, 6.07) is 2.61. The van der Waals surface area contributed by atoms with Crippen molar-refractivity contribution in [2.45, 2.75) is 12.8 Å². The number of nitrogens with zero attached hydrogens (tertiary/aromatic N) is 1. The number of carboxylic acids is 1. The van der Waals surface area contributed by atoms with E-state index in [9.17, 15) is 9.59 Å². The van der Waals surface area contributed by atoms with Gasteiger partial charge in [0.1, 0.15) is 0 Å². The molecule has 8 heteroatoms. The number of benzene rings is 1. The molecule has 2 rings (SSSR count). The molecule has 1 aliphatic rings. The number of likely N-dealkylation sites (tertiary alicyclic amines) is 1. The Morgan fingerprint density at radius 3 is 2.57 bits per heavy atom. The topological polar surface area (TPSA) is 69.6 Å². The zero-order valence-corrected chi connectivity index (χ0v) is 13.2. The lowest BCUT2D eigenvalue weighted by atomic mass is 10.1. The molecular weight excluding hydrogens is 339 g/mol. The van der Waals surface area contributed by atoms with Crippen LogP contribution in [-0.2, 0) is 4.79 Å². The van der Waals surface area contributed by atoms with Crippen molar-refractivity contribution in [3.05, 3.63) is 27.2 Å². The lowest BCUT2D eigenvalue weighted by Crippen LogP contribution is -2.33. The summed E-state index contributed by atoms with van der Waals surface area (Å²) in [4.78, 5) is 24.4. The summed E-state index contributed by atoms with van der Waals surface area (Å²) < 4.78 is 0. The van der Waals surface area contributed by atoms with Crippen LogP contribution in [0.2, 0.25) is 15.1 Å². The molecule has 1 heterocycles. The van der Waals surface area contributed by atoms with E-state index < -0.39 is 5.97 Å². The predicted octanol–water partition coefficient (Wildman–Crippen LogP) is 3.98. The quantitative estimate of drug-likeness (QED) is 0.809. The van der Waals surface area contributed by atoms with Crippen LogP contribution in [0, 0.1) is 5.92 Å². The monoisotopic (exact) mass is 350 g/mol. The van der Waals surface area contributed by atoms with Crippen LogP contribution in [0.1, 0.15) is 12.8 Å². The van der Waals surface area contributed by atoms with Crippen molar-refractivity contribution in [1.82, 2.24) is 4.90 Å². The predicted molar refractivity (Wildman–Crippen MR) is 82.4 cm³/mol. The first-order chi connectivity index (χ1) is 9.86. The molecule has 0 saturated carbocycles. The highest BCUT2D eigenvalue weighted by Crippen LogP contribution is 2.32. The number of rotatable bonds is 3. The van der Waals surface area contributed by atoms with Gasteiger partial charge in [-0.05, 0) is 24.5 Å². The average Bonchev–Trinajstić information content (AvgIpc) is 2.83. The smallest absolute Gasteiger partial charge is 0.321 e. The van der Waals surface area contributed by atoms with E-state index in [2.05, 4.69) is 5.32 Å². The van der Waals surface area contributed by atoms with Gasteiger partial charge in [0, 0.05) is 19.5 Å². The second kappa shape index (κ2) is 6.73. The maximum Gasteiger partial charge on any atom is 0.321 e. The van der Waals surface area contributed by atoms with Crippen LogP contribution in [0.25, 0.3) is 0 Å². The normalized spacial score (nSPS) is 17.9. The van der Waals surface area contributed by atoms with Gasteiger partial charge in [-0.15, -0.1) is 0 Å². The largest absolute Gasteiger partial charge is 0.481 e. The zero-order chi connectivity index (χ0) is 15.6. The van der Waals surface area contributed by atoms with Gasteiger partial charge >= 0.3 is 12.0 Å². The molecular formula is C13H13Cl3N2O3. The molecule has 0 radical (unpaired) electrons. The first-order valence-corrected chi connectivity index (χ1v) is 7.42. The third-order valence-electron chi connectivity index (χ3n) is 3.29. The second-order valence-electron chi connectivity index (χ2n) is 4.87. The van der Waals surface area contributed by atoms with Crippen molar-refractivity contribution >= 4 is 52.5 Å². The molecule has 0 spiro atoms. The number of hydrogen-bond donors (Lipinski definition) is 2. The average molecular weight is 352 g/mol. The van der Waals surface area contributed by atoms with E-state index >= 15 is 0 Å². The standard InChI is InChI=1S/C13H13Cl3N2O3/c14-8-4-10(16)11(5-9(8)15)17-13(21)18-2-1-7(6-18)3-12(19)20/h4-5,7H,1-3,6H2,(H,17,21)(H,19,20). The van der Waals surface area contributed by atoms with Crippen molar-refractivity contribution in [2.24, 2.45) is 5.92 Å². The van der Waals surface area contributed by atoms with Crippen LogP contribution in [0.3, 0.4) is 0 Å². The first kappa shape index (κ1) is 16.2. The second-order valence-corrected chi connectivity index (χ2v) is 6.10. The molecule has 1 fully saturated rings. The number of anilines is 1. The van der Waals surface area contributed by atoms with Crippen molar-refractivity contribution in [1.29, 1.82) is 0 Å². The fourth-order valence-electron chi connectivity index (χ4n) is 2.24. The van der Waals surface area contributed by atoms with Gasteiger partial charge in [0.25, 0.3) is 0 Å². The molecule has 2 N–H and O–H groups in total. The van der Waals surface area contributed by atoms with Crippen molar-refractivity contribution in [2.75, 3.05) is 18.4 Å². The van der Waals surface area contributed by atoms with E-state index in [4.69, 9.17) is 39.9 Å². The summed E-state index contributed by atoms with van der Waals surface area (Å²) in [7, 11) is 0. The SMILES string of the molecule is O=C(O)CC1CCN(C(=O)Nc2cc(Cl)c(Cl)cc2Cl)C1. The summed E-state index contributed by atoms with van der Waals surface area (Å²) >= 11 is 17.7. The lowest BCUT2D eigenvalue weighted by molar-refractivity contribution is -0.138. The van der Waals surface area contributed by atoms with Crippen LogP contribution >= 0.6 is 34.8 Å². The lowest BCUT2D eigenvalue weighted by Gasteiger charge is -2.18. The number of aliphatic carboxylic acids is 1. The third-order valence-corrected chi connectivity index (χ3v) is 4.32. The van der Waals surface area contributed by atoms with Crippen LogP contribution in [0.5, 0.6) is 0 Å². The fraction of sp³-hybridized carbons (Fsp3) is 0.385. The van der Waals surface area contributed by atoms with Gasteiger partial charge in [0.05, 0.1) is 20.8 Å². The Balaban J connectivity index is 1.99. The number of carboxylic acid groups (broad SMARTS) is 1. The fourth-order valence-corrected chi connectivity index (χ4v) is 2.84. The van der Waals surface area contributed by atoms with Crippen LogP contribution < -0.4 is 5.32 Å². The molecule has 0 bridgehead atoms. The minimum absolute atomic E-state index is 0.0162. The highest BCUT2D eigenvalue weighted by Gasteiger charge is 2.28. The number of urea groups is 1. The number of carbonyl (C=O) groups excluding carboxylic acids is 1. The Kier molecular flexibility index (Phi) is 5.19. The Labute approximate surface area is 136 Å². The summed E-state index contributed by atoms with van der Waals surface area (Å²) in [5.74, 6) is -0.868. The van der Waals surface area contributed by atoms with Gasteiger partial charge in [0.2, 0.25) is 0 Å². The summed E-state index contributed by atoms with van der Waals surface area (Å²) in [6.45, 7) is 0.930. The number of halogens is 3. The summed E-state index contributed by atoms with van der Waals surface area (Å²) in [5, 5.41) is 12.3. The van der Waals surface area contributed by atoms with Crippen molar-refractivity contribution < 1.29 is 14.7 Å². The Hall–Kier alpha value is -1.17. The highest BCUT2D eigenvalue weighted by atomic mass is 35.5. The van der Waals surface area contributed by atoms with E-state index in [1.165, 1.54) is 12.1 Å². The zero-order valence-electron chi connectivity index (χ0n) is 10.9. The van der Waals surface area contributed by atoms with Gasteiger partial charge in [-0.25, -0.2) is 4.79 Å². The molecule has 1 atom stereocenters. The minimum atomic E-state index is -0.852. The molecule has 21 heavy (non-hydrogen) atoms. The molecule has 1 aromatic carbocycles. The van der Waals surface area contributed by atoms with E-state index in [0.717, 1.165) is 0 Å². The van der Waals surface area contributed by atoms with Crippen LogP contribution in [-0.4, -0.2) is 35.1 Å². The Bertz CT molecular complexity index is 580. The van der Waals surface area contributed by atoms with Gasteiger partial charge in [-0.1, -0.05) is 34.8 Å². The molecule has 114 valence electrons. The number of amides is 2. The van der Waals surface area contributed by atoms with Crippen LogP contribution in [0.15, 0.2) is 12.1 Å². The summed E-state index contributed by atoms with van der Waals surface area (Å²) in [5.41, 5.74) is 0.373. The molecule has 5 nitrogen and oxygen atoms in total. The maximum absolute atomic E-state index is 12.1. The molecule has 1 unspecified atom stereocenters. The first-order valence-electron chi connectivity index (χ1n) is 6.29. The summed E-state index contributed by atoms with van der Waals surface area (Å²) in [6.07, 6.45) is 0.742. The van der Waals surface area contributed by atoms with E-state index in [1.54, 1.807) is 4.90 Å². The minimum Gasteiger partial charge on any atom is -0.481 e. The number of nitrogens with one attached hydrogen (secondary N) is 1. The molecule has 1 saturated heterocycles. The van der Waals surface area contributed by atoms with Gasteiger partial charge < -0.3 is 15.3 Å². The van der Waals surface area contributed by atoms with Gasteiger partial charge in [-0.2, -0.15) is 0 Å². The maximum atomic E-state index is 12.1. The Morgan fingerprint density at radius 1 is 1.24 bits per heavy atom. The van der Waals surface area contributed by atoms with E-state index in [1.807, 2.05) is 0 Å². The van der Waals surface area contributed by atoms with Gasteiger partial charge in [0.15, 0.2) is 0 Å². The van der Waals surface area contributed by atoms with Crippen LogP contribution in [0.4, 0.5) is 10.5 Å². The third kappa shape index (κ3) is 4.15. The van der Waals surface area contributed by atoms with E-state index in [0.29, 0.717) is 40.3 Å². The molecule has 1 aliphatic heterocycles. The molecule has 0 aliphatic carbocycles.